The van der Waals surface area contributed by atoms with Gasteiger partial charge in [-0.05, 0) is 30.5 Å². The maximum atomic E-state index is 12.1. The molecule has 0 fully saturated rings. The summed E-state index contributed by atoms with van der Waals surface area (Å²) in [6.07, 6.45) is 0. The van der Waals surface area contributed by atoms with Gasteiger partial charge in [0, 0.05) is 12.6 Å². The Hall–Kier alpha value is -2.82. The summed E-state index contributed by atoms with van der Waals surface area (Å²) in [6, 6.07) is 13.5. The number of amides is 1. The van der Waals surface area contributed by atoms with Crippen LogP contribution in [-0.4, -0.2) is 25.8 Å². The zero-order valence-corrected chi connectivity index (χ0v) is 14.4. The standard InChI is InChI=1S/C19H22N2O3/c1-13-8-7-9-14(2)18(13)24-12-15-10-5-6-11-16(15)17(21-23-4)19(22)20-3/h5-11H,12H2,1-4H3,(H,20,22). The molecule has 0 saturated heterocycles. The van der Waals surface area contributed by atoms with Gasteiger partial charge in [-0.2, -0.15) is 0 Å². The van der Waals surface area contributed by atoms with E-state index in [1.165, 1.54) is 7.11 Å². The number of ether oxygens (including phenoxy) is 1. The average molecular weight is 326 g/mol. The van der Waals surface area contributed by atoms with Crippen LogP contribution in [0, 0.1) is 13.8 Å². The number of benzene rings is 2. The van der Waals surface area contributed by atoms with Crippen molar-refractivity contribution in [3.63, 3.8) is 0 Å². The molecule has 0 aliphatic rings. The van der Waals surface area contributed by atoms with E-state index in [9.17, 15) is 4.79 Å². The molecule has 0 aliphatic carbocycles. The predicted octanol–water partition coefficient (Wildman–Crippen LogP) is 2.98. The van der Waals surface area contributed by atoms with Gasteiger partial charge < -0.3 is 14.9 Å². The minimum Gasteiger partial charge on any atom is -0.488 e. The van der Waals surface area contributed by atoms with Crippen LogP contribution < -0.4 is 10.1 Å². The van der Waals surface area contributed by atoms with Gasteiger partial charge in [-0.25, -0.2) is 0 Å². The van der Waals surface area contributed by atoms with E-state index in [0.29, 0.717) is 12.2 Å². The summed E-state index contributed by atoms with van der Waals surface area (Å²) >= 11 is 0. The first-order chi connectivity index (χ1) is 11.6. The molecule has 126 valence electrons. The molecule has 2 rings (SSSR count). The van der Waals surface area contributed by atoms with E-state index in [-0.39, 0.29) is 11.6 Å². The van der Waals surface area contributed by atoms with Gasteiger partial charge in [0.15, 0.2) is 5.71 Å². The van der Waals surface area contributed by atoms with Gasteiger partial charge in [0.05, 0.1) is 0 Å². The van der Waals surface area contributed by atoms with Crippen LogP contribution in [0.3, 0.4) is 0 Å². The van der Waals surface area contributed by atoms with Gasteiger partial charge >= 0.3 is 0 Å². The fourth-order valence-corrected chi connectivity index (χ4v) is 2.48. The quantitative estimate of drug-likeness (QED) is 0.656. The number of carbonyl (C=O) groups is 1. The van der Waals surface area contributed by atoms with Crippen LogP contribution in [0.1, 0.15) is 22.3 Å². The zero-order chi connectivity index (χ0) is 17.5. The summed E-state index contributed by atoms with van der Waals surface area (Å²) < 4.78 is 6.01. The number of likely N-dealkylation sites (N-methyl/N-ethyl adjacent to an activating group) is 1. The summed E-state index contributed by atoms with van der Waals surface area (Å²) in [5.74, 6) is 0.550. The van der Waals surface area contributed by atoms with Crippen molar-refractivity contribution in [1.29, 1.82) is 0 Å². The lowest BCUT2D eigenvalue weighted by molar-refractivity contribution is -0.114. The Balaban J connectivity index is 2.32. The highest BCUT2D eigenvalue weighted by Gasteiger charge is 2.17. The van der Waals surface area contributed by atoms with Crippen molar-refractivity contribution in [3.8, 4) is 5.75 Å². The van der Waals surface area contributed by atoms with E-state index >= 15 is 0 Å². The molecule has 1 amide bonds. The fraction of sp³-hybridized carbons (Fsp3) is 0.263. The number of nitrogens with zero attached hydrogens (tertiary/aromatic N) is 1. The molecule has 0 unspecified atom stereocenters. The molecule has 5 heteroatoms. The highest BCUT2D eigenvalue weighted by Crippen LogP contribution is 2.24. The van der Waals surface area contributed by atoms with Crippen LogP contribution in [0.15, 0.2) is 47.6 Å². The third kappa shape index (κ3) is 3.93. The number of aryl methyl sites for hydroxylation is 2. The zero-order valence-electron chi connectivity index (χ0n) is 14.4. The van der Waals surface area contributed by atoms with Gasteiger partial charge in [0.1, 0.15) is 19.5 Å². The molecule has 0 atom stereocenters. The molecular weight excluding hydrogens is 304 g/mol. The Kier molecular flexibility index (Phi) is 5.95. The van der Waals surface area contributed by atoms with Crippen LogP contribution in [0.4, 0.5) is 0 Å². The van der Waals surface area contributed by atoms with Crippen molar-refractivity contribution in [3.05, 3.63) is 64.7 Å². The number of nitrogens with one attached hydrogen (secondary N) is 1. The Morgan fingerprint density at radius 3 is 2.38 bits per heavy atom. The van der Waals surface area contributed by atoms with E-state index < -0.39 is 0 Å². The Morgan fingerprint density at radius 1 is 1.08 bits per heavy atom. The smallest absolute Gasteiger partial charge is 0.273 e. The topological polar surface area (TPSA) is 59.9 Å². The maximum Gasteiger partial charge on any atom is 0.273 e. The maximum absolute atomic E-state index is 12.1. The third-order valence-corrected chi connectivity index (χ3v) is 3.68. The highest BCUT2D eigenvalue weighted by atomic mass is 16.6. The number of oxime groups is 1. The van der Waals surface area contributed by atoms with E-state index in [4.69, 9.17) is 9.57 Å². The number of hydrogen-bond acceptors (Lipinski definition) is 4. The molecule has 2 aromatic rings. The first kappa shape index (κ1) is 17.5. The second-order valence-electron chi connectivity index (χ2n) is 5.37. The van der Waals surface area contributed by atoms with Crippen molar-refractivity contribution in [2.45, 2.75) is 20.5 Å². The van der Waals surface area contributed by atoms with Gasteiger partial charge in [-0.1, -0.05) is 47.6 Å². The molecule has 0 radical (unpaired) electrons. The number of para-hydroxylation sites is 1. The van der Waals surface area contributed by atoms with Gasteiger partial charge in [0.25, 0.3) is 5.91 Å². The number of rotatable bonds is 6. The van der Waals surface area contributed by atoms with Crippen molar-refractivity contribution in [1.82, 2.24) is 5.32 Å². The SMILES string of the molecule is CNC(=O)C(=NOC)c1ccccc1COc1c(C)cccc1C. The predicted molar refractivity (Wildman–Crippen MR) is 94.3 cm³/mol. The second kappa shape index (κ2) is 8.15. The van der Waals surface area contributed by atoms with Crippen LogP contribution in [0.2, 0.25) is 0 Å². The molecule has 0 spiro atoms. The van der Waals surface area contributed by atoms with E-state index in [1.54, 1.807) is 7.05 Å². The van der Waals surface area contributed by atoms with E-state index in [0.717, 1.165) is 22.4 Å². The molecular formula is C19H22N2O3. The summed E-state index contributed by atoms with van der Waals surface area (Å²) in [5, 5.41) is 6.44. The normalized spacial score (nSPS) is 11.1. The minimum atomic E-state index is -0.309. The molecule has 2 aromatic carbocycles. The lowest BCUT2D eigenvalue weighted by Crippen LogP contribution is -2.29. The van der Waals surface area contributed by atoms with Gasteiger partial charge in [-0.3, -0.25) is 4.79 Å². The molecule has 0 bridgehead atoms. The van der Waals surface area contributed by atoms with Crippen molar-refractivity contribution >= 4 is 11.6 Å². The third-order valence-electron chi connectivity index (χ3n) is 3.68. The molecule has 0 aromatic heterocycles. The van der Waals surface area contributed by atoms with Crippen molar-refractivity contribution in [2.24, 2.45) is 5.16 Å². The molecule has 0 heterocycles. The van der Waals surface area contributed by atoms with Crippen molar-refractivity contribution in [2.75, 3.05) is 14.2 Å². The van der Waals surface area contributed by atoms with E-state index in [1.807, 2.05) is 56.3 Å². The van der Waals surface area contributed by atoms with Crippen LogP contribution in [0.25, 0.3) is 0 Å². The van der Waals surface area contributed by atoms with Gasteiger partial charge in [0.2, 0.25) is 0 Å². The first-order valence-electron chi connectivity index (χ1n) is 7.69. The Labute approximate surface area is 142 Å². The summed E-state index contributed by atoms with van der Waals surface area (Å²) in [7, 11) is 2.97. The lowest BCUT2D eigenvalue weighted by atomic mass is 10.0. The Bertz CT molecular complexity index is 734. The van der Waals surface area contributed by atoms with Crippen LogP contribution >= 0.6 is 0 Å². The monoisotopic (exact) mass is 326 g/mol. The fourth-order valence-electron chi connectivity index (χ4n) is 2.48. The van der Waals surface area contributed by atoms with Crippen LogP contribution in [0.5, 0.6) is 5.75 Å². The molecule has 5 nitrogen and oxygen atoms in total. The highest BCUT2D eigenvalue weighted by molar-refractivity contribution is 6.45. The minimum absolute atomic E-state index is 0.223. The largest absolute Gasteiger partial charge is 0.488 e. The summed E-state index contributed by atoms with van der Waals surface area (Å²) in [6.45, 7) is 4.36. The molecule has 0 saturated carbocycles. The molecule has 1 N–H and O–H groups in total. The van der Waals surface area contributed by atoms with E-state index in [2.05, 4.69) is 10.5 Å². The van der Waals surface area contributed by atoms with Gasteiger partial charge in [-0.15, -0.1) is 0 Å². The van der Waals surface area contributed by atoms with Crippen molar-refractivity contribution < 1.29 is 14.4 Å². The van der Waals surface area contributed by atoms with Crippen LogP contribution in [-0.2, 0) is 16.2 Å². The first-order valence-corrected chi connectivity index (χ1v) is 7.69. The summed E-state index contributed by atoms with van der Waals surface area (Å²) in [4.78, 5) is 16.9. The average Bonchev–Trinajstić information content (AvgIpc) is 2.59. The number of carbonyl (C=O) groups excluding carboxylic acids is 1. The second-order valence-corrected chi connectivity index (χ2v) is 5.37. The summed E-state index contributed by atoms with van der Waals surface area (Å²) in [5.41, 5.74) is 3.92. The molecule has 0 aliphatic heterocycles. The number of hydrogen-bond donors (Lipinski definition) is 1. The molecule has 24 heavy (non-hydrogen) atoms. The Morgan fingerprint density at radius 2 is 1.75 bits per heavy atom. The lowest BCUT2D eigenvalue weighted by Gasteiger charge is -2.14.